The molecule has 0 aliphatic heterocycles. The maximum absolute atomic E-state index is 4.92. The third-order valence-electron chi connectivity index (χ3n) is 4.71. The van der Waals surface area contributed by atoms with Crippen molar-refractivity contribution >= 4 is 5.71 Å². The molecule has 0 N–H and O–H groups in total. The summed E-state index contributed by atoms with van der Waals surface area (Å²) in [4.78, 5) is 4.92. The van der Waals surface area contributed by atoms with Gasteiger partial charge >= 0.3 is 0 Å². The van der Waals surface area contributed by atoms with E-state index in [0.29, 0.717) is 10.8 Å². The molecule has 2 unspecified atom stereocenters. The van der Waals surface area contributed by atoms with Crippen molar-refractivity contribution in [3.8, 4) is 0 Å². The molecule has 2 rings (SSSR count). The zero-order chi connectivity index (χ0) is 9.69. The Kier molecular flexibility index (Phi) is 1.73. The molecule has 0 aromatic heterocycles. The number of nitrogens with zero attached hydrogens (tertiary/aromatic N) is 1. The minimum absolute atomic E-state index is 0.299. The number of oxime groups is 1. The smallest absolute Gasteiger partial charge is 0.106 e. The highest BCUT2D eigenvalue weighted by molar-refractivity contribution is 5.93. The largest absolute Gasteiger partial charge is 0.399 e. The van der Waals surface area contributed by atoms with Crippen molar-refractivity contribution in [3.63, 3.8) is 0 Å². The van der Waals surface area contributed by atoms with E-state index in [2.05, 4.69) is 25.9 Å². The van der Waals surface area contributed by atoms with Crippen LogP contribution in [-0.4, -0.2) is 12.8 Å². The second-order valence-corrected chi connectivity index (χ2v) is 5.21. The van der Waals surface area contributed by atoms with Gasteiger partial charge in [-0.25, -0.2) is 0 Å². The molecule has 2 saturated carbocycles. The lowest BCUT2D eigenvalue weighted by atomic mass is 9.70. The van der Waals surface area contributed by atoms with Crippen molar-refractivity contribution in [2.45, 2.75) is 40.0 Å². The van der Waals surface area contributed by atoms with Gasteiger partial charge in [0, 0.05) is 5.41 Å². The highest BCUT2D eigenvalue weighted by Crippen LogP contribution is 2.63. The zero-order valence-electron chi connectivity index (χ0n) is 9.05. The first-order chi connectivity index (χ1) is 6.02. The summed E-state index contributed by atoms with van der Waals surface area (Å²) >= 11 is 0. The molecule has 2 heteroatoms. The molecule has 2 bridgehead atoms. The van der Waals surface area contributed by atoms with Gasteiger partial charge in [0.25, 0.3) is 0 Å². The topological polar surface area (TPSA) is 21.6 Å². The number of hydrogen-bond acceptors (Lipinski definition) is 2. The van der Waals surface area contributed by atoms with E-state index >= 15 is 0 Å². The monoisotopic (exact) mass is 181 g/mol. The lowest BCUT2D eigenvalue weighted by Crippen LogP contribution is -2.32. The fourth-order valence-corrected chi connectivity index (χ4v) is 3.18. The Labute approximate surface area is 80.3 Å². The average Bonchev–Trinajstić information content (AvgIpc) is 2.37. The minimum Gasteiger partial charge on any atom is -0.399 e. The van der Waals surface area contributed by atoms with E-state index in [1.54, 1.807) is 7.11 Å². The second-order valence-electron chi connectivity index (χ2n) is 5.21. The summed E-state index contributed by atoms with van der Waals surface area (Å²) in [5, 5.41) is 4.19. The summed E-state index contributed by atoms with van der Waals surface area (Å²) in [5.74, 6) is 0.825. The van der Waals surface area contributed by atoms with E-state index in [1.165, 1.54) is 18.6 Å². The van der Waals surface area contributed by atoms with Crippen molar-refractivity contribution in [1.29, 1.82) is 0 Å². The molecule has 0 radical (unpaired) electrons. The van der Waals surface area contributed by atoms with E-state index in [1.807, 2.05) is 0 Å². The van der Waals surface area contributed by atoms with E-state index in [0.717, 1.165) is 12.3 Å². The molecule has 0 saturated heterocycles. The molecular weight excluding hydrogens is 162 g/mol. The third-order valence-corrected chi connectivity index (χ3v) is 4.71. The first-order valence-corrected chi connectivity index (χ1v) is 5.13. The number of rotatable bonds is 1. The van der Waals surface area contributed by atoms with Gasteiger partial charge in [0.15, 0.2) is 0 Å². The molecule has 2 aliphatic carbocycles. The molecule has 74 valence electrons. The summed E-state index contributed by atoms with van der Waals surface area (Å²) in [6.07, 6.45) is 3.80. The third kappa shape index (κ3) is 0.918. The van der Waals surface area contributed by atoms with Gasteiger partial charge in [0.05, 0.1) is 5.71 Å². The second kappa shape index (κ2) is 2.49. The van der Waals surface area contributed by atoms with Gasteiger partial charge < -0.3 is 4.84 Å². The number of fused-ring (bicyclic) bond motifs is 2. The zero-order valence-corrected chi connectivity index (χ0v) is 9.05. The Hall–Kier alpha value is -0.530. The molecule has 0 aromatic carbocycles. The molecule has 0 amide bonds. The van der Waals surface area contributed by atoms with Crippen LogP contribution in [0.5, 0.6) is 0 Å². The van der Waals surface area contributed by atoms with Crippen LogP contribution in [0.2, 0.25) is 0 Å². The molecule has 0 aromatic rings. The Morgan fingerprint density at radius 2 is 2.08 bits per heavy atom. The summed E-state index contributed by atoms with van der Waals surface area (Å²) in [7, 11) is 1.65. The maximum Gasteiger partial charge on any atom is 0.106 e. The van der Waals surface area contributed by atoms with E-state index < -0.39 is 0 Å². The molecule has 13 heavy (non-hydrogen) atoms. The fraction of sp³-hybridized carbons (Fsp3) is 0.909. The lowest BCUT2D eigenvalue weighted by Gasteiger charge is -2.34. The highest BCUT2D eigenvalue weighted by atomic mass is 16.6. The van der Waals surface area contributed by atoms with Crippen LogP contribution in [0.1, 0.15) is 40.0 Å². The predicted octanol–water partition coefficient (Wildman–Crippen LogP) is 2.84. The molecule has 2 fully saturated rings. The average molecular weight is 181 g/mol. The summed E-state index contributed by atoms with van der Waals surface area (Å²) in [6, 6.07) is 0. The van der Waals surface area contributed by atoms with Gasteiger partial charge in [-0.3, -0.25) is 0 Å². The first kappa shape index (κ1) is 9.04. The Balaban J connectivity index is 2.38. The maximum atomic E-state index is 4.92. The van der Waals surface area contributed by atoms with Gasteiger partial charge in [0.2, 0.25) is 0 Å². The van der Waals surface area contributed by atoms with Gasteiger partial charge in [-0.15, -0.1) is 0 Å². The summed E-state index contributed by atoms with van der Waals surface area (Å²) in [6.45, 7) is 7.10. The summed E-state index contributed by atoms with van der Waals surface area (Å²) in [5.41, 5.74) is 2.01. The summed E-state index contributed by atoms with van der Waals surface area (Å²) < 4.78 is 0. The van der Waals surface area contributed by atoms with Crippen LogP contribution in [0, 0.1) is 16.7 Å². The molecule has 2 atom stereocenters. The van der Waals surface area contributed by atoms with E-state index in [-0.39, 0.29) is 0 Å². The first-order valence-electron chi connectivity index (χ1n) is 5.13. The van der Waals surface area contributed by atoms with Crippen LogP contribution in [-0.2, 0) is 4.84 Å². The SMILES string of the molecule is CO/N=C1\CC2CCC1(C)C2(C)C. The fourth-order valence-electron chi connectivity index (χ4n) is 3.18. The standard InChI is InChI=1S/C11H19NO/c1-10(2)8-5-6-11(10,3)9(7-8)12-13-4/h8H,5-7H2,1-4H3/b12-9+. The van der Waals surface area contributed by atoms with Crippen LogP contribution >= 0.6 is 0 Å². The van der Waals surface area contributed by atoms with Gasteiger partial charge in [0.1, 0.15) is 7.11 Å². The van der Waals surface area contributed by atoms with Crippen molar-refractivity contribution in [1.82, 2.24) is 0 Å². The van der Waals surface area contributed by atoms with Crippen molar-refractivity contribution in [2.24, 2.45) is 21.9 Å². The van der Waals surface area contributed by atoms with Crippen molar-refractivity contribution in [3.05, 3.63) is 0 Å². The van der Waals surface area contributed by atoms with Crippen LogP contribution < -0.4 is 0 Å². The Morgan fingerprint density at radius 1 is 1.38 bits per heavy atom. The minimum atomic E-state index is 0.299. The van der Waals surface area contributed by atoms with Gasteiger partial charge in [-0.1, -0.05) is 25.9 Å². The van der Waals surface area contributed by atoms with Gasteiger partial charge in [-0.05, 0) is 30.6 Å². The van der Waals surface area contributed by atoms with Crippen molar-refractivity contribution < 1.29 is 4.84 Å². The Morgan fingerprint density at radius 3 is 2.46 bits per heavy atom. The molecule has 0 heterocycles. The van der Waals surface area contributed by atoms with E-state index in [9.17, 15) is 0 Å². The predicted molar refractivity (Wildman–Crippen MR) is 53.7 cm³/mol. The Bertz CT molecular complexity index is 257. The molecule has 0 spiro atoms. The quantitative estimate of drug-likeness (QED) is 0.570. The normalized spacial score (nSPS) is 44.3. The highest BCUT2D eigenvalue weighted by Gasteiger charge is 2.60. The van der Waals surface area contributed by atoms with Gasteiger partial charge in [-0.2, -0.15) is 0 Å². The van der Waals surface area contributed by atoms with E-state index in [4.69, 9.17) is 4.84 Å². The van der Waals surface area contributed by atoms with Crippen LogP contribution in [0.25, 0.3) is 0 Å². The molecule has 2 nitrogen and oxygen atoms in total. The van der Waals surface area contributed by atoms with Crippen LogP contribution in [0.3, 0.4) is 0 Å². The molecular formula is C11H19NO. The van der Waals surface area contributed by atoms with Crippen molar-refractivity contribution in [2.75, 3.05) is 7.11 Å². The lowest BCUT2D eigenvalue weighted by molar-refractivity contribution is 0.180. The van der Waals surface area contributed by atoms with Crippen LogP contribution in [0.15, 0.2) is 5.16 Å². The molecule has 2 aliphatic rings. The van der Waals surface area contributed by atoms with Crippen LogP contribution in [0.4, 0.5) is 0 Å². The number of hydrogen-bond donors (Lipinski definition) is 0.